The third-order valence-corrected chi connectivity index (χ3v) is 3.75. The molecule has 5 heteroatoms. The van der Waals surface area contributed by atoms with Crippen LogP contribution >= 0.6 is 12.2 Å². The molecule has 2 heterocycles. The van der Waals surface area contributed by atoms with Gasteiger partial charge < -0.3 is 15.4 Å². The van der Waals surface area contributed by atoms with Crippen LogP contribution in [0.4, 0.5) is 5.82 Å². The standard InChI is InChI=1S/C15H17N3OS/c1-10-9-18(6-7-19-10)14-8-12(15(16)20)11-4-2-3-5-13(11)17-14/h2-5,8,10H,6-7,9H2,1H3,(H2,16,20). The predicted octanol–water partition coefficient (Wildman–Crippen LogP) is 2.09. The Kier molecular flexibility index (Phi) is 3.54. The van der Waals surface area contributed by atoms with Gasteiger partial charge in [-0.25, -0.2) is 4.98 Å². The molecule has 1 atom stereocenters. The summed E-state index contributed by atoms with van der Waals surface area (Å²) in [5.41, 5.74) is 7.68. The lowest BCUT2D eigenvalue weighted by Gasteiger charge is -2.32. The summed E-state index contributed by atoms with van der Waals surface area (Å²) in [6.07, 6.45) is 0.213. The number of hydrogen-bond acceptors (Lipinski definition) is 4. The fourth-order valence-corrected chi connectivity index (χ4v) is 2.72. The second kappa shape index (κ2) is 5.34. The van der Waals surface area contributed by atoms with Gasteiger partial charge >= 0.3 is 0 Å². The van der Waals surface area contributed by atoms with Crippen molar-refractivity contribution in [3.63, 3.8) is 0 Å². The molecule has 0 aliphatic carbocycles. The summed E-state index contributed by atoms with van der Waals surface area (Å²) in [7, 11) is 0. The van der Waals surface area contributed by atoms with Crippen LogP contribution in [-0.4, -0.2) is 35.8 Å². The van der Waals surface area contributed by atoms with Gasteiger partial charge in [0, 0.05) is 24.0 Å². The lowest BCUT2D eigenvalue weighted by Crippen LogP contribution is -2.41. The highest BCUT2D eigenvalue weighted by Crippen LogP contribution is 2.24. The van der Waals surface area contributed by atoms with E-state index >= 15 is 0 Å². The number of nitrogens with two attached hydrogens (primary N) is 1. The molecule has 0 radical (unpaired) electrons. The summed E-state index contributed by atoms with van der Waals surface area (Å²) in [5.74, 6) is 0.918. The number of fused-ring (bicyclic) bond motifs is 1. The molecular weight excluding hydrogens is 270 g/mol. The first-order valence-electron chi connectivity index (χ1n) is 6.71. The van der Waals surface area contributed by atoms with Crippen LogP contribution in [0.25, 0.3) is 10.9 Å². The van der Waals surface area contributed by atoms with Crippen LogP contribution in [0, 0.1) is 0 Å². The van der Waals surface area contributed by atoms with E-state index in [-0.39, 0.29) is 6.10 Å². The van der Waals surface area contributed by atoms with Crippen molar-refractivity contribution in [3.8, 4) is 0 Å². The second-order valence-corrected chi connectivity index (χ2v) is 5.48. The molecule has 0 spiro atoms. The zero-order valence-corrected chi connectivity index (χ0v) is 12.2. The SMILES string of the molecule is CC1CN(c2cc(C(N)=S)c3ccccc3n2)CCO1. The van der Waals surface area contributed by atoms with Crippen LogP contribution in [0.15, 0.2) is 30.3 Å². The van der Waals surface area contributed by atoms with E-state index < -0.39 is 0 Å². The monoisotopic (exact) mass is 287 g/mol. The number of ether oxygens (including phenoxy) is 1. The van der Waals surface area contributed by atoms with Crippen molar-refractivity contribution in [1.82, 2.24) is 4.98 Å². The van der Waals surface area contributed by atoms with E-state index in [1.807, 2.05) is 30.3 Å². The van der Waals surface area contributed by atoms with Crippen LogP contribution < -0.4 is 10.6 Å². The molecule has 1 aliphatic rings. The summed E-state index contributed by atoms with van der Waals surface area (Å²) >= 11 is 5.18. The molecule has 1 unspecified atom stereocenters. The first-order valence-corrected chi connectivity index (χ1v) is 7.12. The number of rotatable bonds is 2. The predicted molar refractivity (Wildman–Crippen MR) is 85.3 cm³/mol. The Morgan fingerprint density at radius 2 is 2.25 bits per heavy atom. The van der Waals surface area contributed by atoms with Crippen LogP contribution in [0.3, 0.4) is 0 Å². The fourth-order valence-electron chi connectivity index (χ4n) is 2.55. The van der Waals surface area contributed by atoms with E-state index in [0.717, 1.165) is 42.0 Å². The fraction of sp³-hybridized carbons (Fsp3) is 0.333. The van der Waals surface area contributed by atoms with Crippen molar-refractivity contribution < 1.29 is 4.74 Å². The van der Waals surface area contributed by atoms with Crippen LogP contribution in [0.1, 0.15) is 12.5 Å². The van der Waals surface area contributed by atoms with Gasteiger partial charge in [-0.05, 0) is 19.1 Å². The lowest BCUT2D eigenvalue weighted by atomic mass is 10.1. The highest BCUT2D eigenvalue weighted by molar-refractivity contribution is 7.80. The number of anilines is 1. The first kappa shape index (κ1) is 13.3. The van der Waals surface area contributed by atoms with Crippen molar-refractivity contribution in [2.45, 2.75) is 13.0 Å². The number of hydrogen-bond donors (Lipinski definition) is 1. The van der Waals surface area contributed by atoms with Gasteiger partial charge in [0.25, 0.3) is 0 Å². The quantitative estimate of drug-likeness (QED) is 0.857. The zero-order chi connectivity index (χ0) is 14.1. The average Bonchev–Trinajstić information content (AvgIpc) is 2.46. The van der Waals surface area contributed by atoms with Gasteiger partial charge in [-0.1, -0.05) is 30.4 Å². The van der Waals surface area contributed by atoms with E-state index in [1.165, 1.54) is 0 Å². The van der Waals surface area contributed by atoms with Crippen molar-refractivity contribution in [2.75, 3.05) is 24.6 Å². The van der Waals surface area contributed by atoms with Crippen LogP contribution in [0.5, 0.6) is 0 Å². The van der Waals surface area contributed by atoms with Gasteiger partial charge in [0.2, 0.25) is 0 Å². The second-order valence-electron chi connectivity index (χ2n) is 5.04. The van der Waals surface area contributed by atoms with Gasteiger partial charge in [0.05, 0.1) is 18.2 Å². The summed E-state index contributed by atoms with van der Waals surface area (Å²) in [6, 6.07) is 9.93. The lowest BCUT2D eigenvalue weighted by molar-refractivity contribution is 0.0529. The highest BCUT2D eigenvalue weighted by Gasteiger charge is 2.19. The van der Waals surface area contributed by atoms with Crippen LogP contribution in [-0.2, 0) is 4.74 Å². The molecule has 1 aromatic carbocycles. The number of nitrogens with zero attached hydrogens (tertiary/aromatic N) is 2. The molecule has 1 aromatic heterocycles. The summed E-state index contributed by atoms with van der Waals surface area (Å²) in [5, 5.41) is 1.00. The maximum Gasteiger partial charge on any atom is 0.130 e. The normalized spacial score (nSPS) is 19.2. The molecule has 3 rings (SSSR count). The van der Waals surface area contributed by atoms with Crippen LogP contribution in [0.2, 0.25) is 0 Å². The summed E-state index contributed by atoms with van der Waals surface area (Å²) in [6.45, 7) is 4.47. The smallest absolute Gasteiger partial charge is 0.130 e. The Balaban J connectivity index is 2.09. The van der Waals surface area contributed by atoms with E-state index in [1.54, 1.807) is 0 Å². The number of thiocarbonyl (C=S) groups is 1. The van der Waals surface area contributed by atoms with Gasteiger partial charge in [0.1, 0.15) is 10.8 Å². The van der Waals surface area contributed by atoms with Crippen molar-refractivity contribution in [2.24, 2.45) is 5.73 Å². The maximum atomic E-state index is 5.87. The topological polar surface area (TPSA) is 51.4 Å². The average molecular weight is 287 g/mol. The Labute approximate surface area is 123 Å². The number of aromatic nitrogens is 1. The zero-order valence-electron chi connectivity index (χ0n) is 11.4. The molecule has 0 amide bonds. The molecule has 1 saturated heterocycles. The minimum absolute atomic E-state index is 0.213. The molecule has 1 fully saturated rings. The minimum atomic E-state index is 0.213. The van der Waals surface area contributed by atoms with Gasteiger partial charge in [0.15, 0.2) is 0 Å². The molecule has 0 bridgehead atoms. The van der Waals surface area contributed by atoms with E-state index in [4.69, 9.17) is 27.7 Å². The molecule has 2 aromatic rings. The number of benzene rings is 1. The van der Waals surface area contributed by atoms with Gasteiger partial charge in [-0.15, -0.1) is 0 Å². The molecule has 104 valence electrons. The summed E-state index contributed by atoms with van der Waals surface area (Å²) in [4.78, 5) is 7.36. The van der Waals surface area contributed by atoms with Gasteiger partial charge in [-0.3, -0.25) is 0 Å². The number of pyridine rings is 1. The Hall–Kier alpha value is -1.72. The van der Waals surface area contributed by atoms with E-state index in [2.05, 4.69) is 11.8 Å². The first-order chi connectivity index (χ1) is 9.65. The van der Waals surface area contributed by atoms with Crippen molar-refractivity contribution in [1.29, 1.82) is 0 Å². The van der Waals surface area contributed by atoms with Crippen molar-refractivity contribution >= 4 is 33.9 Å². The molecular formula is C15H17N3OS. The third kappa shape index (κ3) is 2.46. The number of para-hydroxylation sites is 1. The molecule has 2 N–H and O–H groups in total. The Bertz CT molecular complexity index is 659. The number of morpholine rings is 1. The highest BCUT2D eigenvalue weighted by atomic mass is 32.1. The molecule has 1 aliphatic heterocycles. The third-order valence-electron chi connectivity index (χ3n) is 3.53. The summed E-state index contributed by atoms with van der Waals surface area (Å²) < 4.78 is 5.57. The largest absolute Gasteiger partial charge is 0.389 e. The van der Waals surface area contributed by atoms with Crippen molar-refractivity contribution in [3.05, 3.63) is 35.9 Å². The van der Waals surface area contributed by atoms with E-state index in [0.29, 0.717) is 4.99 Å². The van der Waals surface area contributed by atoms with Gasteiger partial charge in [-0.2, -0.15) is 0 Å². The molecule has 20 heavy (non-hydrogen) atoms. The minimum Gasteiger partial charge on any atom is -0.389 e. The Morgan fingerprint density at radius 3 is 3.00 bits per heavy atom. The molecule has 4 nitrogen and oxygen atoms in total. The maximum absolute atomic E-state index is 5.87. The Morgan fingerprint density at radius 1 is 1.45 bits per heavy atom. The molecule has 0 saturated carbocycles. The van der Waals surface area contributed by atoms with E-state index in [9.17, 15) is 0 Å².